The number of hydrogen-bond acceptors (Lipinski definition) is 2. The van der Waals surface area contributed by atoms with Crippen LogP contribution in [0.1, 0.15) is 24.6 Å². The van der Waals surface area contributed by atoms with Crippen LogP contribution in [0.5, 0.6) is 0 Å². The Labute approximate surface area is 95.2 Å². The Kier molecular flexibility index (Phi) is 5.12. The summed E-state index contributed by atoms with van der Waals surface area (Å²) in [5.74, 6) is 0.0804. The van der Waals surface area contributed by atoms with E-state index in [1.807, 2.05) is 30.6 Å². The van der Waals surface area contributed by atoms with Crippen LogP contribution < -0.4 is 0 Å². The zero-order chi connectivity index (χ0) is 11.1. The number of carbonyl (C=O) groups is 1. The van der Waals surface area contributed by atoms with Crippen molar-refractivity contribution in [3.05, 3.63) is 28.5 Å². The highest BCUT2D eigenvalue weighted by Crippen LogP contribution is 2.10. The topological polar surface area (TPSA) is 20.3 Å². The molecule has 3 heteroatoms. The van der Waals surface area contributed by atoms with Gasteiger partial charge in [0.15, 0.2) is 0 Å². The maximum Gasteiger partial charge on any atom is 0.246 e. The van der Waals surface area contributed by atoms with E-state index in [1.165, 1.54) is 0 Å². The Hall–Kier alpha value is -1.09. The molecular formula is C12H17NOS. The van der Waals surface area contributed by atoms with Crippen LogP contribution in [0, 0.1) is 0 Å². The van der Waals surface area contributed by atoms with Crippen molar-refractivity contribution in [2.24, 2.45) is 0 Å². The van der Waals surface area contributed by atoms with Gasteiger partial charge >= 0.3 is 0 Å². The van der Waals surface area contributed by atoms with E-state index >= 15 is 0 Å². The van der Waals surface area contributed by atoms with Gasteiger partial charge in [0.05, 0.1) is 0 Å². The van der Waals surface area contributed by atoms with E-state index in [1.54, 1.807) is 22.3 Å². The van der Waals surface area contributed by atoms with Gasteiger partial charge in [-0.05, 0) is 23.9 Å². The summed E-state index contributed by atoms with van der Waals surface area (Å²) in [6.45, 7) is 2.96. The van der Waals surface area contributed by atoms with Crippen LogP contribution in [-0.2, 0) is 4.79 Å². The minimum Gasteiger partial charge on any atom is -0.342 e. The largest absolute Gasteiger partial charge is 0.342 e. The van der Waals surface area contributed by atoms with Crippen LogP contribution in [-0.4, -0.2) is 24.4 Å². The Morgan fingerprint density at radius 1 is 1.60 bits per heavy atom. The standard InChI is InChI=1S/C12H17NOS/c1-3-4-9-13(2)12(14)8-7-11-6-5-10-15-11/h5-8,10H,3-4,9H2,1-2H3/b8-7+. The molecule has 0 bridgehead atoms. The van der Waals surface area contributed by atoms with Gasteiger partial charge < -0.3 is 4.90 Å². The molecule has 0 radical (unpaired) electrons. The minimum absolute atomic E-state index is 0.0804. The highest BCUT2D eigenvalue weighted by atomic mass is 32.1. The number of nitrogens with zero attached hydrogens (tertiary/aromatic N) is 1. The minimum atomic E-state index is 0.0804. The van der Waals surface area contributed by atoms with Gasteiger partial charge in [-0.1, -0.05) is 19.4 Å². The Morgan fingerprint density at radius 3 is 3.00 bits per heavy atom. The fourth-order valence-corrected chi connectivity index (χ4v) is 1.79. The molecule has 1 heterocycles. The zero-order valence-electron chi connectivity index (χ0n) is 9.27. The molecule has 1 rings (SSSR count). The summed E-state index contributed by atoms with van der Waals surface area (Å²) >= 11 is 1.64. The van der Waals surface area contributed by atoms with Crippen molar-refractivity contribution in [1.82, 2.24) is 4.90 Å². The first kappa shape index (κ1) is 12.0. The number of hydrogen-bond donors (Lipinski definition) is 0. The van der Waals surface area contributed by atoms with E-state index in [0.29, 0.717) is 0 Å². The average molecular weight is 223 g/mol. The molecule has 1 aromatic rings. The summed E-state index contributed by atoms with van der Waals surface area (Å²) < 4.78 is 0. The molecule has 0 N–H and O–H groups in total. The predicted molar refractivity (Wildman–Crippen MR) is 65.9 cm³/mol. The summed E-state index contributed by atoms with van der Waals surface area (Å²) in [5.41, 5.74) is 0. The molecule has 15 heavy (non-hydrogen) atoms. The molecule has 0 aliphatic carbocycles. The second-order valence-corrected chi connectivity index (χ2v) is 4.44. The zero-order valence-corrected chi connectivity index (χ0v) is 10.1. The molecule has 1 aromatic heterocycles. The summed E-state index contributed by atoms with van der Waals surface area (Å²) in [7, 11) is 1.84. The highest BCUT2D eigenvalue weighted by Gasteiger charge is 2.02. The van der Waals surface area contributed by atoms with E-state index in [-0.39, 0.29) is 5.91 Å². The number of thiophene rings is 1. The van der Waals surface area contributed by atoms with Crippen LogP contribution >= 0.6 is 11.3 Å². The van der Waals surface area contributed by atoms with Crippen LogP contribution in [0.3, 0.4) is 0 Å². The fourth-order valence-electron chi connectivity index (χ4n) is 1.17. The average Bonchev–Trinajstić information content (AvgIpc) is 2.75. The van der Waals surface area contributed by atoms with Crippen molar-refractivity contribution in [3.63, 3.8) is 0 Å². The van der Waals surface area contributed by atoms with E-state index in [9.17, 15) is 4.79 Å². The SMILES string of the molecule is CCCCN(C)C(=O)/C=C/c1cccs1. The molecule has 0 fully saturated rings. The molecular weight excluding hydrogens is 206 g/mol. The third-order valence-electron chi connectivity index (χ3n) is 2.16. The van der Waals surface area contributed by atoms with E-state index in [2.05, 4.69) is 6.92 Å². The van der Waals surface area contributed by atoms with Crippen molar-refractivity contribution in [1.29, 1.82) is 0 Å². The predicted octanol–water partition coefficient (Wildman–Crippen LogP) is 3.02. The van der Waals surface area contributed by atoms with Gasteiger partial charge in [0.25, 0.3) is 0 Å². The first-order valence-electron chi connectivity index (χ1n) is 5.20. The molecule has 0 aromatic carbocycles. The summed E-state index contributed by atoms with van der Waals surface area (Å²) in [6, 6.07) is 3.98. The molecule has 1 amide bonds. The number of likely N-dealkylation sites (N-methyl/N-ethyl adjacent to an activating group) is 1. The lowest BCUT2D eigenvalue weighted by atomic mass is 10.3. The quantitative estimate of drug-likeness (QED) is 0.703. The molecule has 0 unspecified atom stereocenters. The number of rotatable bonds is 5. The third kappa shape index (κ3) is 4.30. The monoisotopic (exact) mass is 223 g/mol. The van der Waals surface area contributed by atoms with Gasteiger partial charge in [-0.25, -0.2) is 0 Å². The first-order chi connectivity index (χ1) is 7.24. The first-order valence-corrected chi connectivity index (χ1v) is 6.08. The van der Waals surface area contributed by atoms with Crippen molar-refractivity contribution in [2.75, 3.05) is 13.6 Å². The van der Waals surface area contributed by atoms with Crippen molar-refractivity contribution < 1.29 is 4.79 Å². The van der Waals surface area contributed by atoms with Crippen LogP contribution in [0.25, 0.3) is 6.08 Å². The summed E-state index contributed by atoms with van der Waals surface area (Å²) in [5, 5.41) is 2.00. The molecule has 0 aliphatic heterocycles. The third-order valence-corrected chi connectivity index (χ3v) is 2.99. The van der Waals surface area contributed by atoms with E-state index in [4.69, 9.17) is 0 Å². The van der Waals surface area contributed by atoms with E-state index < -0.39 is 0 Å². The lowest BCUT2D eigenvalue weighted by Crippen LogP contribution is -2.25. The van der Waals surface area contributed by atoms with Gasteiger partial charge in [0.1, 0.15) is 0 Å². The van der Waals surface area contributed by atoms with Crippen LogP contribution in [0.15, 0.2) is 23.6 Å². The van der Waals surface area contributed by atoms with Crippen LogP contribution in [0.4, 0.5) is 0 Å². The summed E-state index contributed by atoms with van der Waals surface area (Å²) in [4.78, 5) is 14.5. The number of unbranched alkanes of at least 4 members (excludes halogenated alkanes) is 1. The lowest BCUT2D eigenvalue weighted by molar-refractivity contribution is -0.124. The highest BCUT2D eigenvalue weighted by molar-refractivity contribution is 7.10. The Bertz CT molecular complexity index is 316. The van der Waals surface area contributed by atoms with E-state index in [0.717, 1.165) is 24.3 Å². The van der Waals surface area contributed by atoms with Crippen LogP contribution in [0.2, 0.25) is 0 Å². The summed E-state index contributed by atoms with van der Waals surface area (Å²) in [6.07, 6.45) is 5.69. The molecule has 0 saturated carbocycles. The van der Waals surface area contributed by atoms with Gasteiger partial charge in [-0.15, -0.1) is 11.3 Å². The van der Waals surface area contributed by atoms with Crippen molar-refractivity contribution in [2.45, 2.75) is 19.8 Å². The van der Waals surface area contributed by atoms with Crippen molar-refractivity contribution >= 4 is 23.3 Å². The second-order valence-electron chi connectivity index (χ2n) is 3.46. The molecule has 0 atom stereocenters. The number of carbonyl (C=O) groups excluding carboxylic acids is 1. The number of amides is 1. The van der Waals surface area contributed by atoms with Gasteiger partial charge in [0, 0.05) is 24.5 Å². The molecule has 0 aliphatic rings. The van der Waals surface area contributed by atoms with Crippen molar-refractivity contribution in [3.8, 4) is 0 Å². The maximum absolute atomic E-state index is 11.6. The Morgan fingerprint density at radius 2 is 2.40 bits per heavy atom. The molecule has 0 spiro atoms. The van der Waals surface area contributed by atoms with Gasteiger partial charge in [-0.2, -0.15) is 0 Å². The second kappa shape index (κ2) is 6.40. The van der Waals surface area contributed by atoms with Gasteiger partial charge in [0.2, 0.25) is 5.91 Å². The smallest absolute Gasteiger partial charge is 0.246 e. The molecule has 82 valence electrons. The van der Waals surface area contributed by atoms with Gasteiger partial charge in [-0.3, -0.25) is 4.79 Å². The maximum atomic E-state index is 11.6. The normalized spacial score (nSPS) is 10.8. The molecule has 0 saturated heterocycles. The lowest BCUT2D eigenvalue weighted by Gasteiger charge is -2.13. The Balaban J connectivity index is 2.41. The molecule has 2 nitrogen and oxygen atoms in total. The fraction of sp³-hybridized carbons (Fsp3) is 0.417.